The van der Waals surface area contributed by atoms with Gasteiger partial charge in [0.1, 0.15) is 17.3 Å². The molecule has 1 aliphatic rings. The average molecular weight is 594 g/mol. The molecule has 3 heterocycles. The number of nitrogens with one attached hydrogen (secondary N) is 4. The van der Waals surface area contributed by atoms with Crippen molar-refractivity contribution in [1.82, 2.24) is 35.7 Å². The van der Waals surface area contributed by atoms with Crippen LogP contribution in [0.1, 0.15) is 40.8 Å². The van der Waals surface area contributed by atoms with Crippen molar-refractivity contribution >= 4 is 16.8 Å². The number of carbonyl (C=O) groups is 1. The summed E-state index contributed by atoms with van der Waals surface area (Å²) in [5.74, 6) is 2.95. The first-order valence-corrected chi connectivity index (χ1v) is 15.1. The molecule has 10 nitrogen and oxygen atoms in total. The Morgan fingerprint density at radius 3 is 2.64 bits per heavy atom. The van der Waals surface area contributed by atoms with Gasteiger partial charge >= 0.3 is 0 Å². The Morgan fingerprint density at radius 1 is 1.00 bits per heavy atom. The smallest absolute Gasteiger partial charge is 0.237 e. The molecule has 10 heteroatoms. The number of rotatable bonds is 12. The Labute approximate surface area is 257 Å². The van der Waals surface area contributed by atoms with Gasteiger partial charge in [-0.05, 0) is 48.7 Å². The topological polar surface area (TPSA) is 118 Å². The lowest BCUT2D eigenvalue weighted by Crippen LogP contribution is -2.53. The second kappa shape index (κ2) is 13.7. The van der Waals surface area contributed by atoms with E-state index in [4.69, 9.17) is 19.7 Å². The SMILES string of the molecule is COc1ccc(Cn2c(CCc3ccccc3)nnc2[C@@H](Cc2c[nH]c3ccccc23)NC(=O)C2CCNCN2)c(OC)c1. The van der Waals surface area contributed by atoms with Crippen molar-refractivity contribution in [2.75, 3.05) is 27.4 Å². The van der Waals surface area contributed by atoms with E-state index in [2.05, 4.69) is 61.9 Å². The Bertz CT molecular complexity index is 1690. The van der Waals surface area contributed by atoms with Crippen LogP contribution in [-0.2, 0) is 30.6 Å². The van der Waals surface area contributed by atoms with Gasteiger partial charge in [0.25, 0.3) is 0 Å². The molecule has 44 heavy (non-hydrogen) atoms. The van der Waals surface area contributed by atoms with E-state index >= 15 is 0 Å². The predicted octanol–water partition coefficient (Wildman–Crippen LogP) is 3.92. The molecule has 0 radical (unpaired) electrons. The molecule has 0 spiro atoms. The molecule has 1 fully saturated rings. The monoisotopic (exact) mass is 593 g/mol. The molecule has 5 aromatic rings. The minimum absolute atomic E-state index is 0.0428. The van der Waals surface area contributed by atoms with Crippen LogP contribution in [-0.4, -0.2) is 59.1 Å². The van der Waals surface area contributed by atoms with Crippen molar-refractivity contribution in [3.63, 3.8) is 0 Å². The maximum atomic E-state index is 13.6. The summed E-state index contributed by atoms with van der Waals surface area (Å²) in [5.41, 5.74) is 4.35. The van der Waals surface area contributed by atoms with Crippen molar-refractivity contribution < 1.29 is 14.3 Å². The van der Waals surface area contributed by atoms with Gasteiger partial charge in [0.05, 0.1) is 32.8 Å². The maximum absolute atomic E-state index is 13.6. The van der Waals surface area contributed by atoms with Crippen LogP contribution in [0.15, 0.2) is 79.0 Å². The van der Waals surface area contributed by atoms with Crippen LogP contribution in [0.4, 0.5) is 0 Å². The van der Waals surface area contributed by atoms with Crippen molar-refractivity contribution in [3.8, 4) is 11.5 Å². The number of methoxy groups -OCH3 is 2. The average Bonchev–Trinajstić information content (AvgIpc) is 3.68. The first kappa shape index (κ1) is 29.4. The number of aromatic amines is 1. The lowest BCUT2D eigenvalue weighted by Gasteiger charge is -2.27. The molecule has 1 unspecified atom stereocenters. The quantitative estimate of drug-likeness (QED) is 0.173. The summed E-state index contributed by atoms with van der Waals surface area (Å²) < 4.78 is 13.3. The van der Waals surface area contributed by atoms with Gasteiger partial charge in [0.2, 0.25) is 5.91 Å². The highest BCUT2D eigenvalue weighted by Gasteiger charge is 2.29. The fraction of sp³-hybridized carbons (Fsp3) is 0.324. The van der Waals surface area contributed by atoms with Crippen molar-refractivity contribution in [2.45, 2.75) is 44.3 Å². The van der Waals surface area contributed by atoms with Crippen LogP contribution in [0.25, 0.3) is 10.9 Å². The Morgan fingerprint density at radius 2 is 1.84 bits per heavy atom. The summed E-state index contributed by atoms with van der Waals surface area (Å²) in [4.78, 5) is 17.0. The third-order valence-corrected chi connectivity index (χ3v) is 8.29. The van der Waals surface area contributed by atoms with Gasteiger partial charge in [0, 0.05) is 48.2 Å². The van der Waals surface area contributed by atoms with Crippen molar-refractivity contribution in [3.05, 3.63) is 107 Å². The first-order chi connectivity index (χ1) is 21.6. The Kier molecular flexibility index (Phi) is 9.19. The molecule has 2 aromatic heterocycles. The number of ether oxygens (including phenoxy) is 2. The van der Waals surface area contributed by atoms with E-state index in [1.807, 2.05) is 42.6 Å². The molecular formula is C34H39N7O3. The fourth-order valence-electron chi connectivity index (χ4n) is 5.87. The van der Waals surface area contributed by atoms with E-state index < -0.39 is 6.04 Å². The molecule has 1 aliphatic heterocycles. The second-order valence-electron chi connectivity index (χ2n) is 11.1. The fourth-order valence-corrected chi connectivity index (χ4v) is 5.87. The number of benzene rings is 3. The van der Waals surface area contributed by atoms with Gasteiger partial charge < -0.3 is 29.7 Å². The second-order valence-corrected chi connectivity index (χ2v) is 11.1. The third-order valence-electron chi connectivity index (χ3n) is 8.29. The molecule has 0 aliphatic carbocycles. The van der Waals surface area contributed by atoms with Gasteiger partial charge in [-0.2, -0.15) is 0 Å². The summed E-state index contributed by atoms with van der Waals surface area (Å²) in [6.07, 6.45) is 4.80. The minimum atomic E-state index is -0.416. The molecule has 0 bridgehead atoms. The number of fused-ring (bicyclic) bond motifs is 1. The number of amides is 1. The predicted molar refractivity (Wildman–Crippen MR) is 170 cm³/mol. The van der Waals surface area contributed by atoms with Crippen LogP contribution in [0.5, 0.6) is 11.5 Å². The van der Waals surface area contributed by atoms with Crippen molar-refractivity contribution in [2.24, 2.45) is 0 Å². The highest BCUT2D eigenvalue weighted by molar-refractivity contribution is 5.84. The van der Waals surface area contributed by atoms with E-state index in [9.17, 15) is 4.79 Å². The number of para-hydroxylation sites is 1. The van der Waals surface area contributed by atoms with Gasteiger partial charge in [-0.25, -0.2) is 0 Å². The molecule has 0 saturated carbocycles. The van der Waals surface area contributed by atoms with E-state index in [0.717, 1.165) is 46.6 Å². The van der Waals surface area contributed by atoms with E-state index in [1.54, 1.807) is 14.2 Å². The van der Waals surface area contributed by atoms with Gasteiger partial charge in [-0.15, -0.1) is 10.2 Å². The maximum Gasteiger partial charge on any atom is 0.237 e. The molecule has 1 saturated heterocycles. The highest BCUT2D eigenvalue weighted by atomic mass is 16.5. The molecule has 228 valence electrons. The molecule has 3 aromatic carbocycles. The standard InChI is InChI=1S/C34H39N7O3/c1-43-26-14-13-24(31(19-26)44-2)21-41-32(15-12-23-8-4-3-5-9-23)39-40-33(41)30(38-34(42)29-16-17-35-22-37-29)18-25-20-36-28-11-7-6-10-27(25)28/h3-11,13-14,19-20,29-30,35-37H,12,15-18,21-22H2,1-2H3,(H,38,42)/t29?,30-/m1/s1. The van der Waals surface area contributed by atoms with Crippen LogP contribution in [0.3, 0.4) is 0 Å². The number of aryl methyl sites for hydroxylation is 2. The lowest BCUT2D eigenvalue weighted by atomic mass is 10.0. The normalized spacial score (nSPS) is 15.6. The minimum Gasteiger partial charge on any atom is -0.497 e. The number of hydrogen-bond acceptors (Lipinski definition) is 7. The van der Waals surface area contributed by atoms with E-state index in [0.29, 0.717) is 44.0 Å². The summed E-state index contributed by atoms with van der Waals surface area (Å²) in [5, 5.41) is 20.5. The van der Waals surface area contributed by atoms with Crippen LogP contribution < -0.4 is 25.4 Å². The molecule has 4 N–H and O–H groups in total. The summed E-state index contributed by atoms with van der Waals surface area (Å²) in [6.45, 7) is 1.86. The lowest BCUT2D eigenvalue weighted by molar-refractivity contribution is -0.124. The van der Waals surface area contributed by atoms with Crippen LogP contribution in [0.2, 0.25) is 0 Å². The zero-order valence-corrected chi connectivity index (χ0v) is 25.2. The zero-order chi connectivity index (χ0) is 30.3. The number of hydrogen-bond donors (Lipinski definition) is 4. The molecular weight excluding hydrogens is 554 g/mol. The zero-order valence-electron chi connectivity index (χ0n) is 25.2. The van der Waals surface area contributed by atoms with Crippen LogP contribution >= 0.6 is 0 Å². The van der Waals surface area contributed by atoms with E-state index in [-0.39, 0.29) is 11.9 Å². The molecule has 2 atom stereocenters. The number of carbonyl (C=O) groups excluding carboxylic acids is 1. The van der Waals surface area contributed by atoms with Crippen LogP contribution in [0, 0.1) is 0 Å². The molecule has 6 rings (SSSR count). The number of H-pyrrole nitrogens is 1. The number of aromatic nitrogens is 4. The summed E-state index contributed by atoms with van der Waals surface area (Å²) in [7, 11) is 3.30. The largest absolute Gasteiger partial charge is 0.497 e. The summed E-state index contributed by atoms with van der Waals surface area (Å²) in [6, 6.07) is 23.7. The summed E-state index contributed by atoms with van der Waals surface area (Å²) >= 11 is 0. The third kappa shape index (κ3) is 6.61. The highest BCUT2D eigenvalue weighted by Crippen LogP contribution is 2.29. The van der Waals surface area contributed by atoms with Gasteiger partial charge in [-0.3, -0.25) is 10.1 Å². The Hall–Kier alpha value is -4.67. The van der Waals surface area contributed by atoms with Gasteiger partial charge in [-0.1, -0.05) is 48.5 Å². The van der Waals surface area contributed by atoms with E-state index in [1.165, 1.54) is 5.56 Å². The Balaban J connectivity index is 1.39. The molecule has 1 amide bonds. The van der Waals surface area contributed by atoms with Crippen molar-refractivity contribution in [1.29, 1.82) is 0 Å². The van der Waals surface area contributed by atoms with Gasteiger partial charge in [0.15, 0.2) is 5.82 Å². The number of nitrogens with zero attached hydrogens (tertiary/aromatic N) is 3. The first-order valence-electron chi connectivity index (χ1n) is 15.1.